The molecule has 0 unspecified atom stereocenters. The predicted octanol–water partition coefficient (Wildman–Crippen LogP) is 0.469. The van der Waals surface area contributed by atoms with E-state index in [4.69, 9.17) is 5.26 Å². The first-order valence-electron chi connectivity index (χ1n) is 5.68. The molecule has 84 valence electrons. The standard InChI is InChI=1S/C10H13N5O/c11-6-10(4-1-5-10)7-14-9(16)15(13-12-14)8-2-3-8/h8H,1-5,7H2. The van der Waals surface area contributed by atoms with E-state index in [1.807, 2.05) is 0 Å². The number of hydrogen-bond acceptors (Lipinski definition) is 4. The predicted molar refractivity (Wildman–Crippen MR) is 54.5 cm³/mol. The van der Waals surface area contributed by atoms with Gasteiger partial charge in [0.2, 0.25) is 0 Å². The van der Waals surface area contributed by atoms with Crippen molar-refractivity contribution in [1.82, 2.24) is 19.8 Å². The molecule has 1 aromatic rings. The van der Waals surface area contributed by atoms with Crippen molar-refractivity contribution in [2.24, 2.45) is 5.41 Å². The van der Waals surface area contributed by atoms with E-state index in [2.05, 4.69) is 16.5 Å². The van der Waals surface area contributed by atoms with Gasteiger partial charge in [-0.05, 0) is 36.1 Å². The Morgan fingerprint density at radius 3 is 2.69 bits per heavy atom. The Hall–Kier alpha value is -1.64. The SMILES string of the molecule is N#CC1(Cn2nnn(C3CC3)c2=O)CCC1. The van der Waals surface area contributed by atoms with Crippen LogP contribution < -0.4 is 5.69 Å². The second-order valence-electron chi connectivity index (χ2n) is 4.84. The smallest absolute Gasteiger partial charge is 0.244 e. The van der Waals surface area contributed by atoms with Crippen molar-refractivity contribution in [2.45, 2.75) is 44.7 Å². The molecule has 0 atom stereocenters. The Labute approximate surface area is 92.5 Å². The normalized spacial score (nSPS) is 22.4. The number of nitrogens with zero attached hydrogens (tertiary/aromatic N) is 5. The van der Waals surface area contributed by atoms with Gasteiger partial charge in [0.15, 0.2) is 0 Å². The van der Waals surface area contributed by atoms with Gasteiger partial charge in [-0.2, -0.15) is 14.6 Å². The highest BCUT2D eigenvalue weighted by Gasteiger charge is 2.39. The van der Waals surface area contributed by atoms with Crippen LogP contribution in [0.3, 0.4) is 0 Å². The third-order valence-corrected chi connectivity index (χ3v) is 3.55. The third-order valence-electron chi connectivity index (χ3n) is 3.55. The van der Waals surface area contributed by atoms with Crippen molar-refractivity contribution in [3.05, 3.63) is 10.5 Å². The minimum atomic E-state index is -0.367. The number of tetrazole rings is 1. The van der Waals surface area contributed by atoms with Gasteiger partial charge < -0.3 is 0 Å². The Kier molecular flexibility index (Phi) is 1.90. The molecule has 1 aromatic heterocycles. The average Bonchev–Trinajstić information content (AvgIpc) is 3.00. The Morgan fingerprint density at radius 2 is 2.19 bits per heavy atom. The molecule has 2 aliphatic rings. The summed E-state index contributed by atoms with van der Waals surface area (Å²) in [5, 5.41) is 16.8. The van der Waals surface area contributed by atoms with Crippen LogP contribution in [0.1, 0.15) is 38.1 Å². The van der Waals surface area contributed by atoms with Crippen molar-refractivity contribution in [3.63, 3.8) is 0 Å². The summed E-state index contributed by atoms with van der Waals surface area (Å²) >= 11 is 0. The maximum absolute atomic E-state index is 11.9. The molecule has 2 aliphatic carbocycles. The molecule has 0 aliphatic heterocycles. The van der Waals surface area contributed by atoms with Crippen LogP contribution in [-0.4, -0.2) is 19.8 Å². The minimum Gasteiger partial charge on any atom is -0.244 e. The van der Waals surface area contributed by atoms with Crippen LogP contribution in [-0.2, 0) is 6.54 Å². The Morgan fingerprint density at radius 1 is 1.44 bits per heavy atom. The summed E-state index contributed by atoms with van der Waals surface area (Å²) in [6.07, 6.45) is 4.83. The molecule has 0 bridgehead atoms. The fourth-order valence-corrected chi connectivity index (χ4v) is 2.13. The van der Waals surface area contributed by atoms with Crippen LogP contribution in [0.15, 0.2) is 4.79 Å². The Bertz CT molecular complexity index is 500. The lowest BCUT2D eigenvalue weighted by Crippen LogP contribution is -2.37. The first kappa shape index (κ1) is 9.58. The summed E-state index contributed by atoms with van der Waals surface area (Å²) in [7, 11) is 0. The van der Waals surface area contributed by atoms with Crippen molar-refractivity contribution >= 4 is 0 Å². The zero-order valence-corrected chi connectivity index (χ0v) is 8.96. The largest absolute Gasteiger partial charge is 0.363 e. The van der Waals surface area contributed by atoms with Crippen molar-refractivity contribution in [3.8, 4) is 6.07 Å². The van der Waals surface area contributed by atoms with Crippen LogP contribution in [0.25, 0.3) is 0 Å². The zero-order chi connectivity index (χ0) is 11.2. The van der Waals surface area contributed by atoms with Crippen molar-refractivity contribution in [1.29, 1.82) is 5.26 Å². The number of nitriles is 1. The fraction of sp³-hybridized carbons (Fsp3) is 0.800. The highest BCUT2D eigenvalue weighted by atomic mass is 16.2. The highest BCUT2D eigenvalue weighted by molar-refractivity contribution is 5.04. The summed E-state index contributed by atoms with van der Waals surface area (Å²) < 4.78 is 2.80. The monoisotopic (exact) mass is 219 g/mol. The van der Waals surface area contributed by atoms with E-state index in [9.17, 15) is 4.79 Å². The summed E-state index contributed by atoms with van der Waals surface area (Å²) in [5.41, 5.74) is -0.530. The fourth-order valence-electron chi connectivity index (χ4n) is 2.13. The van der Waals surface area contributed by atoms with Crippen LogP contribution in [0.5, 0.6) is 0 Å². The van der Waals surface area contributed by atoms with Crippen molar-refractivity contribution < 1.29 is 0 Å². The molecule has 16 heavy (non-hydrogen) atoms. The second kappa shape index (κ2) is 3.17. The van der Waals surface area contributed by atoms with E-state index < -0.39 is 0 Å². The van der Waals surface area contributed by atoms with Gasteiger partial charge in [-0.1, -0.05) is 6.42 Å². The lowest BCUT2D eigenvalue weighted by atomic mass is 9.70. The molecular weight excluding hydrogens is 206 g/mol. The van der Waals surface area contributed by atoms with Gasteiger partial charge in [0, 0.05) is 0 Å². The molecule has 3 rings (SSSR count). The maximum Gasteiger partial charge on any atom is 0.363 e. The van der Waals surface area contributed by atoms with E-state index in [-0.39, 0.29) is 17.1 Å². The zero-order valence-electron chi connectivity index (χ0n) is 8.96. The first-order chi connectivity index (χ1) is 7.74. The summed E-state index contributed by atoms with van der Waals surface area (Å²) in [6.45, 7) is 0.398. The Balaban J connectivity index is 1.85. The molecule has 0 spiro atoms. The second-order valence-corrected chi connectivity index (χ2v) is 4.84. The van der Waals surface area contributed by atoms with E-state index in [1.54, 1.807) is 0 Å². The number of hydrogen-bond donors (Lipinski definition) is 0. The van der Waals surface area contributed by atoms with E-state index in [0.717, 1.165) is 32.1 Å². The van der Waals surface area contributed by atoms with Crippen LogP contribution in [0.4, 0.5) is 0 Å². The molecular formula is C10H13N5O. The van der Waals surface area contributed by atoms with E-state index >= 15 is 0 Å². The van der Waals surface area contributed by atoms with Gasteiger partial charge in [0.25, 0.3) is 0 Å². The lowest BCUT2D eigenvalue weighted by Gasteiger charge is -2.34. The van der Waals surface area contributed by atoms with Crippen molar-refractivity contribution in [2.75, 3.05) is 0 Å². The molecule has 2 saturated carbocycles. The van der Waals surface area contributed by atoms with E-state index in [0.29, 0.717) is 6.54 Å². The molecule has 6 heteroatoms. The first-order valence-corrected chi connectivity index (χ1v) is 5.68. The van der Waals surface area contributed by atoms with Crippen LogP contribution >= 0.6 is 0 Å². The number of aromatic nitrogens is 4. The summed E-state index contributed by atoms with van der Waals surface area (Å²) in [4.78, 5) is 11.9. The molecule has 0 radical (unpaired) electrons. The molecule has 1 heterocycles. The third kappa shape index (κ3) is 1.35. The summed E-state index contributed by atoms with van der Waals surface area (Å²) in [5.74, 6) is 0. The lowest BCUT2D eigenvalue weighted by molar-refractivity contribution is 0.171. The quantitative estimate of drug-likeness (QED) is 0.740. The highest BCUT2D eigenvalue weighted by Crippen LogP contribution is 2.41. The molecule has 0 saturated heterocycles. The molecule has 6 nitrogen and oxygen atoms in total. The van der Waals surface area contributed by atoms with Gasteiger partial charge >= 0.3 is 5.69 Å². The maximum atomic E-state index is 11.9. The van der Waals surface area contributed by atoms with Gasteiger partial charge in [0.1, 0.15) is 0 Å². The molecule has 0 N–H and O–H groups in total. The topological polar surface area (TPSA) is 76.5 Å². The van der Waals surface area contributed by atoms with E-state index in [1.165, 1.54) is 9.36 Å². The average molecular weight is 219 g/mol. The number of rotatable bonds is 3. The molecule has 0 amide bonds. The minimum absolute atomic E-state index is 0.163. The van der Waals surface area contributed by atoms with Crippen LogP contribution in [0.2, 0.25) is 0 Å². The molecule has 2 fully saturated rings. The van der Waals surface area contributed by atoms with Gasteiger partial charge in [0.05, 0.1) is 24.1 Å². The van der Waals surface area contributed by atoms with Gasteiger partial charge in [-0.25, -0.2) is 4.79 Å². The summed E-state index contributed by atoms with van der Waals surface area (Å²) in [6, 6.07) is 2.56. The van der Waals surface area contributed by atoms with Gasteiger partial charge in [-0.15, -0.1) is 0 Å². The van der Waals surface area contributed by atoms with Crippen LogP contribution in [0, 0.1) is 16.7 Å². The van der Waals surface area contributed by atoms with Gasteiger partial charge in [-0.3, -0.25) is 0 Å². The molecule has 0 aromatic carbocycles.